The molecule has 1 aliphatic heterocycles. The number of rotatable bonds is 4. The van der Waals surface area contributed by atoms with Crippen molar-refractivity contribution in [3.63, 3.8) is 0 Å². The third-order valence-electron chi connectivity index (χ3n) is 5.14. The Morgan fingerprint density at radius 3 is 2.52 bits per heavy atom. The van der Waals surface area contributed by atoms with Gasteiger partial charge in [-0.25, -0.2) is 9.59 Å². The highest BCUT2D eigenvalue weighted by molar-refractivity contribution is 6.44. The van der Waals surface area contributed by atoms with E-state index in [2.05, 4.69) is 0 Å². The van der Waals surface area contributed by atoms with Gasteiger partial charge in [-0.2, -0.15) is 0 Å². The standard InChI is InChI=1S/C19H18N2O6/c1-26-13-6-7-14-11(8-16(22)27-15(14)9-13)10-20-17(23)18(24)21(19(20)25)12-4-2-3-5-12/h6-9,12H,2-5,10H2,1H3. The third-order valence-corrected chi connectivity index (χ3v) is 5.14. The third kappa shape index (κ3) is 2.87. The molecule has 1 saturated heterocycles. The molecule has 8 heteroatoms. The van der Waals surface area contributed by atoms with Gasteiger partial charge in [-0.3, -0.25) is 19.4 Å². The van der Waals surface area contributed by atoms with E-state index in [-0.39, 0.29) is 18.2 Å². The van der Waals surface area contributed by atoms with Crippen LogP contribution in [0, 0.1) is 0 Å². The Labute approximate surface area is 154 Å². The summed E-state index contributed by atoms with van der Waals surface area (Å²) in [5.41, 5.74) is 0.116. The molecule has 8 nitrogen and oxygen atoms in total. The summed E-state index contributed by atoms with van der Waals surface area (Å²) in [4.78, 5) is 51.3. The highest BCUT2D eigenvalue weighted by Gasteiger charge is 2.48. The van der Waals surface area contributed by atoms with E-state index >= 15 is 0 Å². The molecule has 1 saturated carbocycles. The minimum Gasteiger partial charge on any atom is -0.497 e. The maximum absolute atomic E-state index is 12.7. The van der Waals surface area contributed by atoms with Crippen LogP contribution in [0.25, 0.3) is 11.0 Å². The van der Waals surface area contributed by atoms with E-state index in [9.17, 15) is 19.2 Å². The molecule has 0 N–H and O–H groups in total. The second-order valence-corrected chi connectivity index (χ2v) is 6.74. The molecule has 0 radical (unpaired) electrons. The molecular formula is C19H18N2O6. The first-order chi connectivity index (χ1) is 13.0. The van der Waals surface area contributed by atoms with Crippen molar-refractivity contribution in [2.75, 3.05) is 7.11 Å². The van der Waals surface area contributed by atoms with Crippen molar-refractivity contribution in [1.82, 2.24) is 9.80 Å². The monoisotopic (exact) mass is 370 g/mol. The molecule has 1 aromatic carbocycles. The summed E-state index contributed by atoms with van der Waals surface area (Å²) in [6.45, 7) is -0.166. The van der Waals surface area contributed by atoms with Crippen molar-refractivity contribution in [3.8, 4) is 5.75 Å². The number of nitrogens with zero attached hydrogens (tertiary/aromatic N) is 2. The summed E-state index contributed by atoms with van der Waals surface area (Å²) in [7, 11) is 1.49. The molecule has 1 aliphatic carbocycles. The van der Waals surface area contributed by atoms with Crippen LogP contribution in [0.3, 0.4) is 0 Å². The maximum Gasteiger partial charge on any atom is 0.336 e. The smallest absolute Gasteiger partial charge is 0.336 e. The fraction of sp³-hybridized carbons (Fsp3) is 0.368. The molecule has 1 aromatic heterocycles. The molecule has 2 heterocycles. The van der Waals surface area contributed by atoms with Crippen molar-refractivity contribution >= 4 is 28.8 Å². The molecule has 0 atom stereocenters. The Hall–Kier alpha value is -3.16. The lowest BCUT2D eigenvalue weighted by molar-refractivity contribution is -0.144. The Morgan fingerprint density at radius 2 is 1.81 bits per heavy atom. The van der Waals surface area contributed by atoms with Gasteiger partial charge in [-0.1, -0.05) is 12.8 Å². The molecule has 2 fully saturated rings. The van der Waals surface area contributed by atoms with E-state index in [4.69, 9.17) is 9.15 Å². The molecule has 140 valence electrons. The van der Waals surface area contributed by atoms with Gasteiger partial charge in [-0.05, 0) is 30.5 Å². The van der Waals surface area contributed by atoms with Crippen molar-refractivity contribution in [2.24, 2.45) is 0 Å². The van der Waals surface area contributed by atoms with Crippen LogP contribution in [0.4, 0.5) is 4.79 Å². The SMILES string of the molecule is COc1ccc2c(CN3C(=O)C(=O)N(C4CCCC4)C3=O)cc(=O)oc2c1. The maximum atomic E-state index is 12.7. The van der Waals surface area contributed by atoms with Gasteiger partial charge in [0.1, 0.15) is 11.3 Å². The number of methoxy groups -OCH3 is 1. The van der Waals surface area contributed by atoms with Crippen molar-refractivity contribution in [1.29, 1.82) is 0 Å². The van der Waals surface area contributed by atoms with Crippen LogP contribution in [-0.4, -0.2) is 40.8 Å². The highest BCUT2D eigenvalue weighted by atomic mass is 16.5. The predicted octanol–water partition coefficient (Wildman–Crippen LogP) is 2.04. The summed E-state index contributed by atoms with van der Waals surface area (Å²) < 4.78 is 10.3. The number of carbonyl (C=O) groups excluding carboxylic acids is 3. The Balaban J connectivity index is 1.69. The van der Waals surface area contributed by atoms with Gasteiger partial charge in [0.25, 0.3) is 0 Å². The molecule has 2 aromatic rings. The molecule has 27 heavy (non-hydrogen) atoms. The van der Waals surface area contributed by atoms with Crippen molar-refractivity contribution in [2.45, 2.75) is 38.3 Å². The second kappa shape index (κ2) is 6.53. The van der Waals surface area contributed by atoms with Gasteiger partial charge >= 0.3 is 23.5 Å². The Kier molecular flexibility index (Phi) is 4.18. The van der Waals surface area contributed by atoms with Gasteiger partial charge in [-0.15, -0.1) is 0 Å². The van der Waals surface area contributed by atoms with Crippen molar-refractivity contribution < 1.29 is 23.5 Å². The lowest BCUT2D eigenvalue weighted by atomic mass is 10.1. The lowest BCUT2D eigenvalue weighted by Crippen LogP contribution is -2.39. The molecule has 0 bridgehead atoms. The zero-order chi connectivity index (χ0) is 19.1. The Bertz CT molecular complexity index is 1000. The number of urea groups is 1. The van der Waals surface area contributed by atoms with Crippen LogP contribution >= 0.6 is 0 Å². The first kappa shape index (κ1) is 17.3. The average molecular weight is 370 g/mol. The summed E-state index contributed by atoms with van der Waals surface area (Å²) >= 11 is 0. The minimum atomic E-state index is -0.859. The summed E-state index contributed by atoms with van der Waals surface area (Å²) in [5, 5.41) is 0.572. The first-order valence-corrected chi connectivity index (χ1v) is 8.79. The summed E-state index contributed by atoms with van der Waals surface area (Å²) in [6.07, 6.45) is 3.30. The first-order valence-electron chi connectivity index (χ1n) is 8.79. The zero-order valence-corrected chi connectivity index (χ0v) is 14.8. The lowest BCUT2D eigenvalue weighted by Gasteiger charge is -2.21. The topological polar surface area (TPSA) is 97.1 Å². The van der Waals surface area contributed by atoms with Gasteiger partial charge < -0.3 is 9.15 Å². The Morgan fingerprint density at radius 1 is 1.07 bits per heavy atom. The van der Waals surface area contributed by atoms with E-state index in [1.807, 2.05) is 0 Å². The van der Waals surface area contributed by atoms with Crippen molar-refractivity contribution in [3.05, 3.63) is 40.2 Å². The van der Waals surface area contributed by atoms with E-state index in [0.29, 0.717) is 16.7 Å². The van der Waals surface area contributed by atoms with E-state index < -0.39 is 23.5 Å². The van der Waals surface area contributed by atoms with Gasteiger partial charge in [0, 0.05) is 23.6 Å². The molecule has 0 unspecified atom stereocenters. The summed E-state index contributed by atoms with van der Waals surface area (Å²) in [6, 6.07) is 5.33. The van der Waals surface area contributed by atoms with E-state index in [0.717, 1.165) is 35.5 Å². The predicted molar refractivity (Wildman–Crippen MR) is 94.1 cm³/mol. The van der Waals surface area contributed by atoms with Crippen LogP contribution in [0.1, 0.15) is 31.2 Å². The average Bonchev–Trinajstić information content (AvgIpc) is 3.24. The van der Waals surface area contributed by atoms with Crippen LogP contribution < -0.4 is 10.4 Å². The number of carbonyl (C=O) groups is 3. The molecule has 2 aliphatic rings. The van der Waals surface area contributed by atoms with E-state index in [1.165, 1.54) is 13.2 Å². The largest absolute Gasteiger partial charge is 0.497 e. The number of benzene rings is 1. The van der Waals surface area contributed by atoms with Crippen LogP contribution in [0.15, 0.2) is 33.5 Å². The second-order valence-electron chi connectivity index (χ2n) is 6.74. The fourth-order valence-corrected chi connectivity index (χ4v) is 3.78. The van der Waals surface area contributed by atoms with Gasteiger partial charge in [0.2, 0.25) is 0 Å². The molecule has 0 spiro atoms. The number of imide groups is 2. The quantitative estimate of drug-likeness (QED) is 0.464. The number of hydrogen-bond acceptors (Lipinski definition) is 6. The molecule has 4 amide bonds. The molecule has 4 rings (SSSR count). The number of hydrogen-bond donors (Lipinski definition) is 0. The number of ether oxygens (including phenoxy) is 1. The highest BCUT2D eigenvalue weighted by Crippen LogP contribution is 2.29. The number of amides is 4. The van der Waals surface area contributed by atoms with Gasteiger partial charge in [0.05, 0.1) is 13.7 Å². The minimum absolute atomic E-state index is 0.166. The van der Waals surface area contributed by atoms with Crippen LogP contribution in [0.5, 0.6) is 5.75 Å². The number of fused-ring (bicyclic) bond motifs is 1. The fourth-order valence-electron chi connectivity index (χ4n) is 3.78. The normalized spacial score (nSPS) is 18.2. The van der Waals surface area contributed by atoms with Crippen LogP contribution in [-0.2, 0) is 16.1 Å². The molecular weight excluding hydrogens is 352 g/mol. The zero-order valence-electron chi connectivity index (χ0n) is 14.8. The van der Waals surface area contributed by atoms with E-state index in [1.54, 1.807) is 18.2 Å². The van der Waals surface area contributed by atoms with Gasteiger partial charge in [0.15, 0.2) is 0 Å². The summed E-state index contributed by atoms with van der Waals surface area (Å²) in [5.74, 6) is -1.14. The van der Waals surface area contributed by atoms with Crippen LogP contribution in [0.2, 0.25) is 0 Å².